The van der Waals surface area contributed by atoms with Gasteiger partial charge in [-0.25, -0.2) is 22.9 Å². The van der Waals surface area contributed by atoms with Crippen LogP contribution in [0.3, 0.4) is 0 Å². The highest BCUT2D eigenvalue weighted by Crippen LogP contribution is 2.09. The van der Waals surface area contributed by atoms with E-state index in [1.807, 2.05) is 0 Å². The summed E-state index contributed by atoms with van der Waals surface area (Å²) in [5, 5.41) is 14.0. The van der Waals surface area contributed by atoms with Crippen LogP contribution < -0.4 is 5.46 Å². The molecule has 0 bridgehead atoms. The molecule has 2 N–H and O–H groups in total. The first-order valence-electron chi connectivity index (χ1n) is 3.81. The Hall–Kier alpha value is -1.16. The SMILES string of the molecule is FOB(OF)c1ccc(F)c(F)c1F.O[B]O. The molecule has 0 fully saturated rings. The largest absolute Gasteiger partial charge is 0.571 e. The summed E-state index contributed by atoms with van der Waals surface area (Å²) < 4.78 is 60.7. The monoisotopic (exact) mass is 257 g/mol. The quantitative estimate of drug-likeness (QED) is 0.458. The van der Waals surface area contributed by atoms with Crippen LogP contribution >= 0.6 is 0 Å². The van der Waals surface area contributed by atoms with E-state index in [0.29, 0.717) is 12.1 Å². The van der Waals surface area contributed by atoms with Gasteiger partial charge in [0.25, 0.3) is 0 Å². The predicted molar refractivity (Wildman–Crippen MR) is 46.3 cm³/mol. The molecule has 1 aromatic carbocycles. The molecular formula is C6H4B2F5O4. The molecule has 1 aromatic rings. The van der Waals surface area contributed by atoms with Crippen molar-refractivity contribution >= 4 is 20.3 Å². The Morgan fingerprint density at radius 1 is 1.00 bits per heavy atom. The van der Waals surface area contributed by atoms with Crippen molar-refractivity contribution in [2.45, 2.75) is 0 Å². The Bertz CT molecular complexity index is 351. The lowest BCUT2D eigenvalue weighted by molar-refractivity contribution is -0.100. The Kier molecular flexibility index (Phi) is 7.46. The molecule has 0 aliphatic carbocycles. The molecule has 0 aromatic heterocycles. The van der Waals surface area contributed by atoms with Crippen molar-refractivity contribution < 1.29 is 42.0 Å². The molecule has 93 valence electrons. The van der Waals surface area contributed by atoms with Crippen molar-refractivity contribution in [3.05, 3.63) is 29.6 Å². The molecule has 0 aliphatic heterocycles. The lowest BCUT2D eigenvalue weighted by Crippen LogP contribution is -2.36. The van der Waals surface area contributed by atoms with Crippen molar-refractivity contribution in [3.8, 4) is 0 Å². The van der Waals surface area contributed by atoms with Gasteiger partial charge in [0.05, 0.1) is 0 Å². The van der Waals surface area contributed by atoms with Crippen molar-refractivity contribution in [2.24, 2.45) is 0 Å². The van der Waals surface area contributed by atoms with Gasteiger partial charge in [0, 0.05) is 5.46 Å². The van der Waals surface area contributed by atoms with Gasteiger partial charge < -0.3 is 10.0 Å². The van der Waals surface area contributed by atoms with Crippen molar-refractivity contribution in [2.75, 3.05) is 0 Å². The molecular weight excluding hydrogens is 253 g/mol. The van der Waals surface area contributed by atoms with Crippen LogP contribution in [0.25, 0.3) is 0 Å². The van der Waals surface area contributed by atoms with Gasteiger partial charge in [-0.3, -0.25) is 0 Å². The molecule has 11 heteroatoms. The zero-order chi connectivity index (χ0) is 13.4. The van der Waals surface area contributed by atoms with Crippen LogP contribution in [0.15, 0.2) is 12.1 Å². The number of halogens is 5. The smallest absolute Gasteiger partial charge is 0.429 e. The van der Waals surface area contributed by atoms with Crippen LogP contribution in [-0.2, 0) is 9.72 Å². The van der Waals surface area contributed by atoms with Gasteiger partial charge in [0.1, 0.15) is 0 Å². The van der Waals surface area contributed by atoms with Gasteiger partial charge >= 0.3 is 14.8 Å². The van der Waals surface area contributed by atoms with Gasteiger partial charge in [0.2, 0.25) is 0 Å². The fourth-order valence-electron chi connectivity index (χ4n) is 0.833. The maximum Gasteiger partial charge on any atom is 0.571 e. The van der Waals surface area contributed by atoms with Gasteiger partial charge in [-0.1, -0.05) is 15.1 Å². The third kappa shape index (κ3) is 4.30. The molecule has 0 saturated heterocycles. The first-order chi connectivity index (χ1) is 8.03. The van der Waals surface area contributed by atoms with Gasteiger partial charge in [-0.15, -0.1) is 0 Å². The van der Waals surface area contributed by atoms with Crippen LogP contribution in [0.5, 0.6) is 0 Å². The molecule has 4 nitrogen and oxygen atoms in total. The number of benzene rings is 1. The fraction of sp³-hybridized carbons (Fsp3) is 0. The molecule has 0 amide bonds. The minimum atomic E-state index is -2.37. The average Bonchev–Trinajstić information content (AvgIpc) is 2.31. The summed E-state index contributed by atoms with van der Waals surface area (Å²) in [7, 11) is -2.37. The molecule has 17 heavy (non-hydrogen) atoms. The van der Waals surface area contributed by atoms with Crippen LogP contribution in [0.2, 0.25) is 0 Å². The highest BCUT2D eigenvalue weighted by molar-refractivity contribution is 6.60. The molecule has 0 unspecified atom stereocenters. The highest BCUT2D eigenvalue weighted by atomic mass is 19.3. The predicted octanol–water partition coefficient (Wildman–Crippen LogP) is 0.106. The normalized spacial score (nSPS) is 9.35. The lowest BCUT2D eigenvalue weighted by Gasteiger charge is -2.04. The van der Waals surface area contributed by atoms with E-state index in [4.69, 9.17) is 10.0 Å². The summed E-state index contributed by atoms with van der Waals surface area (Å²) >= 11 is 0. The Balaban J connectivity index is 0.000000770. The molecule has 0 heterocycles. The topological polar surface area (TPSA) is 58.9 Å². The van der Waals surface area contributed by atoms with Crippen molar-refractivity contribution in [1.29, 1.82) is 0 Å². The minimum Gasteiger partial charge on any atom is -0.429 e. The van der Waals surface area contributed by atoms with Gasteiger partial charge in [-0.2, -0.15) is 0 Å². The second-order valence-corrected chi connectivity index (χ2v) is 2.39. The maximum atomic E-state index is 12.8. The third-order valence-electron chi connectivity index (χ3n) is 1.48. The van der Waals surface area contributed by atoms with E-state index >= 15 is 0 Å². The molecule has 0 spiro atoms. The van der Waals surface area contributed by atoms with E-state index < -0.39 is 30.0 Å². The van der Waals surface area contributed by atoms with Crippen molar-refractivity contribution in [3.63, 3.8) is 0 Å². The summed E-state index contributed by atoms with van der Waals surface area (Å²) in [4.78, 5) is 5.67. The second kappa shape index (κ2) is 8.01. The van der Waals surface area contributed by atoms with E-state index in [0.717, 1.165) is 0 Å². The van der Waals surface area contributed by atoms with Crippen molar-refractivity contribution in [1.82, 2.24) is 0 Å². The zero-order valence-electron chi connectivity index (χ0n) is 7.91. The number of hydrogen-bond donors (Lipinski definition) is 2. The summed E-state index contributed by atoms with van der Waals surface area (Å²) in [6.45, 7) is 0. The fourth-order valence-corrected chi connectivity index (χ4v) is 0.833. The minimum absolute atomic E-state index is 0. The first-order valence-corrected chi connectivity index (χ1v) is 3.81. The molecule has 0 aliphatic rings. The summed E-state index contributed by atoms with van der Waals surface area (Å²) in [5.74, 6) is -5.12. The zero-order valence-corrected chi connectivity index (χ0v) is 7.91. The Morgan fingerprint density at radius 2 is 1.47 bits per heavy atom. The standard InChI is InChI=1S/C6H2BF5O2.BH2O2/c8-4-2-1-3(5(9)6(4)10)7(13-11)14-12;2-1-3/h1-2H;2-3H. The Morgan fingerprint density at radius 3 is 1.88 bits per heavy atom. The van der Waals surface area contributed by atoms with E-state index in [1.165, 1.54) is 0 Å². The van der Waals surface area contributed by atoms with Gasteiger partial charge in [0.15, 0.2) is 17.5 Å². The summed E-state index contributed by atoms with van der Waals surface area (Å²) in [6, 6.07) is 1.08. The third-order valence-corrected chi connectivity index (χ3v) is 1.48. The Labute approximate surface area is 92.8 Å². The first kappa shape index (κ1) is 15.8. The number of rotatable bonds is 3. The van der Waals surface area contributed by atoms with E-state index in [9.17, 15) is 22.2 Å². The molecule has 1 radical (unpaired) electrons. The molecule has 0 saturated carbocycles. The molecule has 0 atom stereocenters. The average molecular weight is 257 g/mol. The number of hydrogen-bond acceptors (Lipinski definition) is 4. The second-order valence-electron chi connectivity index (χ2n) is 2.39. The maximum absolute atomic E-state index is 12.8. The van der Waals surface area contributed by atoms with E-state index in [1.54, 1.807) is 0 Å². The highest BCUT2D eigenvalue weighted by Gasteiger charge is 2.30. The van der Waals surface area contributed by atoms with E-state index in [2.05, 4.69) is 9.72 Å². The van der Waals surface area contributed by atoms with Gasteiger partial charge in [-0.05, 0) is 6.07 Å². The lowest BCUT2D eigenvalue weighted by atomic mass is 9.79. The summed E-state index contributed by atoms with van der Waals surface area (Å²) in [5.41, 5.74) is -0.922. The van der Waals surface area contributed by atoms with Crippen LogP contribution in [0.1, 0.15) is 0 Å². The van der Waals surface area contributed by atoms with E-state index in [-0.39, 0.29) is 7.69 Å². The van der Waals surface area contributed by atoms with Crippen LogP contribution in [-0.4, -0.2) is 24.9 Å². The van der Waals surface area contributed by atoms with Crippen LogP contribution in [0.4, 0.5) is 22.2 Å². The summed E-state index contributed by atoms with van der Waals surface area (Å²) in [6.07, 6.45) is 0. The van der Waals surface area contributed by atoms with Crippen LogP contribution in [0, 0.1) is 17.5 Å². The molecule has 1 rings (SSSR count).